The number of fused-ring (bicyclic) bond motifs is 1. The Bertz CT molecular complexity index is 834. The molecule has 0 unspecified atom stereocenters. The average molecular weight is 474 g/mol. The number of aliphatic hydroxyl groups excluding tert-OH is 4. The van der Waals surface area contributed by atoms with Gasteiger partial charge in [-0.1, -0.05) is 0 Å². The molecule has 1 aliphatic carbocycles. The summed E-state index contributed by atoms with van der Waals surface area (Å²) in [5.74, 6) is -4.56. The van der Waals surface area contributed by atoms with E-state index in [0.29, 0.717) is 5.57 Å². The predicted molar refractivity (Wildman–Crippen MR) is 103 cm³/mol. The Hall–Kier alpha value is -2.55. The van der Waals surface area contributed by atoms with Gasteiger partial charge < -0.3 is 49.2 Å². The first-order valence-electron chi connectivity index (χ1n) is 10.1. The van der Waals surface area contributed by atoms with Crippen LogP contribution in [0.3, 0.4) is 0 Å². The zero-order chi connectivity index (χ0) is 24.4. The third-order valence-corrected chi connectivity index (χ3v) is 5.64. The Kier molecular flexibility index (Phi) is 7.72. The molecular formula is C20H26O13. The molecule has 2 heterocycles. The zero-order valence-corrected chi connectivity index (χ0v) is 17.8. The van der Waals surface area contributed by atoms with Crippen LogP contribution in [0.15, 0.2) is 23.5 Å². The van der Waals surface area contributed by atoms with Crippen LogP contribution >= 0.6 is 0 Å². The van der Waals surface area contributed by atoms with Gasteiger partial charge in [0.2, 0.25) is 6.29 Å². The van der Waals surface area contributed by atoms with Crippen LogP contribution in [0.2, 0.25) is 0 Å². The summed E-state index contributed by atoms with van der Waals surface area (Å²) in [5.41, 5.74) is 0.108. The van der Waals surface area contributed by atoms with Crippen LogP contribution in [0.25, 0.3) is 0 Å². The molecule has 0 spiro atoms. The van der Waals surface area contributed by atoms with Crippen molar-refractivity contribution in [2.75, 3.05) is 13.2 Å². The molecule has 5 N–H and O–H groups in total. The van der Waals surface area contributed by atoms with Gasteiger partial charge in [0.05, 0.1) is 24.4 Å². The first-order chi connectivity index (χ1) is 15.5. The molecule has 1 fully saturated rings. The highest BCUT2D eigenvalue weighted by atomic mass is 16.8. The number of carboxylic acids is 1. The van der Waals surface area contributed by atoms with Gasteiger partial charge in [0.1, 0.15) is 37.1 Å². The van der Waals surface area contributed by atoms with E-state index in [1.165, 1.54) is 13.0 Å². The van der Waals surface area contributed by atoms with Gasteiger partial charge in [-0.2, -0.15) is 0 Å². The molecule has 184 valence electrons. The zero-order valence-electron chi connectivity index (χ0n) is 17.8. The Morgan fingerprint density at radius 2 is 1.70 bits per heavy atom. The lowest BCUT2D eigenvalue weighted by Gasteiger charge is -2.43. The highest BCUT2D eigenvalue weighted by molar-refractivity contribution is 5.87. The molecule has 33 heavy (non-hydrogen) atoms. The van der Waals surface area contributed by atoms with Crippen molar-refractivity contribution in [1.82, 2.24) is 0 Å². The van der Waals surface area contributed by atoms with Crippen molar-refractivity contribution in [2.24, 2.45) is 11.8 Å². The summed E-state index contributed by atoms with van der Waals surface area (Å²) >= 11 is 0. The fourth-order valence-electron chi connectivity index (χ4n) is 4.13. The molecule has 13 heteroatoms. The number of hydrogen-bond donors (Lipinski definition) is 5. The van der Waals surface area contributed by atoms with E-state index in [-0.39, 0.29) is 12.2 Å². The van der Waals surface area contributed by atoms with Crippen LogP contribution in [0, 0.1) is 11.8 Å². The van der Waals surface area contributed by atoms with Crippen LogP contribution in [-0.2, 0) is 38.1 Å². The van der Waals surface area contributed by atoms with Crippen LogP contribution in [0.1, 0.15) is 13.8 Å². The standard InChI is InChI=1S/C20H26O13/c1-7(22)29-5-9-3-11(31-8(2)23)14-10(18(27)28)6-30-19(13(9)14)33-20-17(26)16(25)15(24)12(4-21)32-20/h3,6,11-17,19-21,24-26H,4-5H2,1-2H3,(H,27,28)/t11-,12-,13-,14+,15-,16+,17-,19+,20+/m1/s1. The van der Waals surface area contributed by atoms with Crippen molar-refractivity contribution in [3.05, 3.63) is 23.5 Å². The molecule has 0 radical (unpaired) electrons. The topological polar surface area (TPSA) is 199 Å². The maximum atomic E-state index is 11.8. The monoisotopic (exact) mass is 474 g/mol. The Morgan fingerprint density at radius 1 is 1.00 bits per heavy atom. The van der Waals surface area contributed by atoms with Gasteiger partial charge in [0.15, 0.2) is 6.29 Å². The van der Waals surface area contributed by atoms with E-state index in [0.717, 1.165) is 13.2 Å². The summed E-state index contributed by atoms with van der Waals surface area (Å²) in [7, 11) is 0. The Balaban J connectivity index is 1.92. The highest BCUT2D eigenvalue weighted by Crippen LogP contribution is 2.45. The highest BCUT2D eigenvalue weighted by Gasteiger charge is 2.53. The molecule has 0 aromatic rings. The molecule has 0 saturated carbocycles. The number of rotatable bonds is 7. The lowest BCUT2D eigenvalue weighted by Crippen LogP contribution is -2.60. The fraction of sp³-hybridized carbons (Fsp3) is 0.650. The molecule has 0 aromatic heterocycles. The molecule has 0 bridgehead atoms. The van der Waals surface area contributed by atoms with Gasteiger partial charge in [0, 0.05) is 19.8 Å². The van der Waals surface area contributed by atoms with Gasteiger partial charge in [-0.15, -0.1) is 0 Å². The fourth-order valence-corrected chi connectivity index (χ4v) is 4.13. The average Bonchev–Trinajstić information content (AvgIpc) is 3.10. The van der Waals surface area contributed by atoms with Gasteiger partial charge in [-0.05, 0) is 11.6 Å². The molecule has 3 rings (SSSR count). The largest absolute Gasteiger partial charge is 0.478 e. The minimum atomic E-state index is -1.73. The number of aliphatic hydroxyl groups is 4. The van der Waals surface area contributed by atoms with E-state index in [2.05, 4.69) is 0 Å². The number of carboxylic acid groups (broad SMARTS) is 1. The number of carbonyl (C=O) groups excluding carboxylic acids is 2. The maximum Gasteiger partial charge on any atom is 0.335 e. The van der Waals surface area contributed by atoms with Crippen LogP contribution < -0.4 is 0 Å². The summed E-state index contributed by atoms with van der Waals surface area (Å²) in [6.45, 7) is 1.37. The first-order valence-corrected chi connectivity index (χ1v) is 10.1. The smallest absolute Gasteiger partial charge is 0.335 e. The minimum absolute atomic E-state index is 0.228. The lowest BCUT2D eigenvalue weighted by atomic mass is 9.82. The van der Waals surface area contributed by atoms with Gasteiger partial charge in [0.25, 0.3) is 0 Å². The van der Waals surface area contributed by atoms with Crippen molar-refractivity contribution >= 4 is 17.9 Å². The van der Waals surface area contributed by atoms with Gasteiger partial charge in [-0.3, -0.25) is 9.59 Å². The Labute approximate surface area is 187 Å². The second-order valence-electron chi connectivity index (χ2n) is 7.86. The summed E-state index contributed by atoms with van der Waals surface area (Å²) < 4.78 is 26.8. The normalized spacial score (nSPS) is 37.8. The molecule has 9 atom stereocenters. The molecule has 0 amide bonds. The van der Waals surface area contributed by atoms with Crippen LogP contribution in [0.4, 0.5) is 0 Å². The van der Waals surface area contributed by atoms with E-state index >= 15 is 0 Å². The molecule has 1 saturated heterocycles. The summed E-state index contributed by atoms with van der Waals surface area (Å²) in [5, 5.41) is 49.2. The van der Waals surface area contributed by atoms with Crippen molar-refractivity contribution in [1.29, 1.82) is 0 Å². The second-order valence-corrected chi connectivity index (χ2v) is 7.86. The third kappa shape index (κ3) is 5.18. The summed E-state index contributed by atoms with van der Waals surface area (Å²) in [6.07, 6.45) is -7.89. The summed E-state index contributed by atoms with van der Waals surface area (Å²) in [4.78, 5) is 34.8. The van der Waals surface area contributed by atoms with Crippen molar-refractivity contribution < 1.29 is 63.6 Å². The molecular weight excluding hydrogens is 448 g/mol. The number of hydrogen-bond acceptors (Lipinski definition) is 12. The quantitative estimate of drug-likeness (QED) is 0.197. The molecule has 2 aliphatic heterocycles. The number of ether oxygens (including phenoxy) is 5. The Morgan fingerprint density at radius 3 is 2.27 bits per heavy atom. The number of esters is 2. The summed E-state index contributed by atoms with van der Waals surface area (Å²) in [6, 6.07) is 0. The van der Waals surface area contributed by atoms with Crippen molar-refractivity contribution in [3.63, 3.8) is 0 Å². The lowest BCUT2D eigenvalue weighted by molar-refractivity contribution is -0.340. The molecule has 3 aliphatic rings. The van der Waals surface area contributed by atoms with E-state index in [9.17, 15) is 39.9 Å². The SMILES string of the molecule is CC(=O)OCC1=C[C@@H](OC(C)=O)[C@@H]2C(C(=O)O)=CO[C@@H](O[C@@H]3O[C@H](CO)[C@@H](O)[C@H](O)[C@H]3O)[C@H]12. The maximum absolute atomic E-state index is 11.8. The third-order valence-electron chi connectivity index (χ3n) is 5.64. The van der Waals surface area contributed by atoms with E-state index < -0.39 is 79.5 Å². The van der Waals surface area contributed by atoms with Crippen LogP contribution in [0.5, 0.6) is 0 Å². The van der Waals surface area contributed by atoms with Gasteiger partial charge >= 0.3 is 17.9 Å². The predicted octanol–water partition coefficient (Wildman–Crippen LogP) is -2.21. The number of aliphatic carboxylic acids is 1. The number of carbonyl (C=O) groups is 3. The second kappa shape index (κ2) is 10.2. The molecule has 13 nitrogen and oxygen atoms in total. The van der Waals surface area contributed by atoms with Gasteiger partial charge in [-0.25, -0.2) is 4.79 Å². The van der Waals surface area contributed by atoms with Crippen molar-refractivity contribution in [3.8, 4) is 0 Å². The van der Waals surface area contributed by atoms with Crippen molar-refractivity contribution in [2.45, 2.75) is 56.9 Å². The van der Waals surface area contributed by atoms with E-state index in [1.54, 1.807) is 0 Å². The van der Waals surface area contributed by atoms with E-state index in [1.807, 2.05) is 0 Å². The van der Waals surface area contributed by atoms with Crippen LogP contribution in [-0.4, -0.2) is 99.8 Å². The molecule has 0 aromatic carbocycles. The van der Waals surface area contributed by atoms with E-state index in [4.69, 9.17) is 23.7 Å². The first kappa shape index (κ1) is 25.1. The minimum Gasteiger partial charge on any atom is -0.478 e.